The molecule has 1 unspecified atom stereocenters. The van der Waals surface area contributed by atoms with Gasteiger partial charge in [-0.25, -0.2) is 4.39 Å². The zero-order valence-electron chi connectivity index (χ0n) is 10.5. The zero-order chi connectivity index (χ0) is 13.1. The summed E-state index contributed by atoms with van der Waals surface area (Å²) in [6.45, 7) is 3.85. The molecular weight excluding hydrogens is 229 g/mol. The van der Waals surface area contributed by atoms with Crippen LogP contribution in [0.25, 0.3) is 0 Å². The van der Waals surface area contributed by atoms with E-state index < -0.39 is 6.10 Å². The summed E-state index contributed by atoms with van der Waals surface area (Å²) in [7, 11) is 0. The number of aryl methyl sites for hydroxylation is 2. The highest BCUT2D eigenvalue weighted by atomic mass is 19.1. The van der Waals surface area contributed by atoms with Crippen molar-refractivity contribution >= 4 is 0 Å². The third kappa shape index (κ3) is 2.74. The van der Waals surface area contributed by atoms with E-state index in [0.29, 0.717) is 11.3 Å². The standard InChI is InChI=1S/C15H16FNO/c1-10-7-11(2)15(17-9-10)14(18)8-12-5-3-4-6-13(12)16/h3-7,9,14,18H,8H2,1-2H3. The van der Waals surface area contributed by atoms with Crippen LogP contribution in [0.15, 0.2) is 36.5 Å². The van der Waals surface area contributed by atoms with Crippen molar-refractivity contribution in [2.24, 2.45) is 0 Å². The highest BCUT2D eigenvalue weighted by molar-refractivity contribution is 5.27. The highest BCUT2D eigenvalue weighted by Gasteiger charge is 2.14. The van der Waals surface area contributed by atoms with Crippen molar-refractivity contribution in [1.29, 1.82) is 0 Å². The van der Waals surface area contributed by atoms with E-state index in [1.807, 2.05) is 19.9 Å². The Hall–Kier alpha value is -1.74. The monoisotopic (exact) mass is 245 g/mol. The van der Waals surface area contributed by atoms with Crippen molar-refractivity contribution < 1.29 is 9.50 Å². The van der Waals surface area contributed by atoms with Gasteiger partial charge in [-0.15, -0.1) is 0 Å². The van der Waals surface area contributed by atoms with Gasteiger partial charge in [0.2, 0.25) is 0 Å². The Balaban J connectivity index is 2.22. The number of aliphatic hydroxyl groups excluding tert-OH is 1. The number of pyridine rings is 1. The Morgan fingerprint density at radius 3 is 2.67 bits per heavy atom. The summed E-state index contributed by atoms with van der Waals surface area (Å²) in [6.07, 6.45) is 1.18. The number of hydrogen-bond donors (Lipinski definition) is 1. The normalized spacial score (nSPS) is 12.4. The molecule has 0 saturated heterocycles. The maximum absolute atomic E-state index is 13.5. The number of rotatable bonds is 3. The van der Waals surface area contributed by atoms with Crippen LogP contribution in [-0.2, 0) is 6.42 Å². The molecule has 1 aromatic heterocycles. The molecule has 2 aromatic rings. The third-order valence-electron chi connectivity index (χ3n) is 2.94. The lowest BCUT2D eigenvalue weighted by atomic mass is 10.0. The van der Waals surface area contributed by atoms with Crippen molar-refractivity contribution in [2.75, 3.05) is 0 Å². The van der Waals surface area contributed by atoms with Gasteiger partial charge in [-0.1, -0.05) is 24.3 Å². The van der Waals surface area contributed by atoms with E-state index in [-0.39, 0.29) is 12.2 Å². The molecule has 0 fully saturated rings. The molecule has 0 radical (unpaired) electrons. The average molecular weight is 245 g/mol. The van der Waals surface area contributed by atoms with Crippen LogP contribution in [0, 0.1) is 19.7 Å². The van der Waals surface area contributed by atoms with Crippen LogP contribution in [0.3, 0.4) is 0 Å². The summed E-state index contributed by atoms with van der Waals surface area (Å²) in [5, 5.41) is 10.1. The van der Waals surface area contributed by atoms with E-state index in [2.05, 4.69) is 4.98 Å². The lowest BCUT2D eigenvalue weighted by Crippen LogP contribution is -2.07. The molecule has 0 aliphatic rings. The fourth-order valence-corrected chi connectivity index (χ4v) is 2.04. The molecule has 18 heavy (non-hydrogen) atoms. The van der Waals surface area contributed by atoms with Gasteiger partial charge in [0.05, 0.1) is 5.69 Å². The minimum Gasteiger partial charge on any atom is -0.386 e. The average Bonchev–Trinajstić information content (AvgIpc) is 2.32. The van der Waals surface area contributed by atoms with E-state index in [9.17, 15) is 9.50 Å². The van der Waals surface area contributed by atoms with Crippen molar-refractivity contribution in [3.05, 3.63) is 64.7 Å². The number of nitrogens with zero attached hydrogens (tertiary/aromatic N) is 1. The van der Waals surface area contributed by atoms with Crippen LogP contribution in [0.2, 0.25) is 0 Å². The maximum Gasteiger partial charge on any atom is 0.126 e. The zero-order valence-corrected chi connectivity index (χ0v) is 10.5. The van der Waals surface area contributed by atoms with Gasteiger partial charge in [0.25, 0.3) is 0 Å². The van der Waals surface area contributed by atoms with Crippen molar-refractivity contribution in [3.8, 4) is 0 Å². The lowest BCUT2D eigenvalue weighted by molar-refractivity contribution is 0.171. The van der Waals surface area contributed by atoms with Crippen molar-refractivity contribution in [2.45, 2.75) is 26.4 Å². The first-order valence-corrected chi connectivity index (χ1v) is 5.92. The van der Waals surface area contributed by atoms with Crippen LogP contribution in [0.5, 0.6) is 0 Å². The van der Waals surface area contributed by atoms with E-state index in [0.717, 1.165) is 11.1 Å². The topological polar surface area (TPSA) is 33.1 Å². The predicted octanol–water partition coefficient (Wildman–Crippen LogP) is 3.11. The SMILES string of the molecule is Cc1cnc(C(O)Cc2ccccc2F)c(C)c1. The second kappa shape index (κ2) is 5.27. The largest absolute Gasteiger partial charge is 0.386 e. The lowest BCUT2D eigenvalue weighted by Gasteiger charge is -2.13. The van der Waals surface area contributed by atoms with Gasteiger partial charge < -0.3 is 5.11 Å². The molecule has 0 aliphatic heterocycles. The van der Waals surface area contributed by atoms with Crippen LogP contribution in [0.1, 0.15) is 28.5 Å². The summed E-state index contributed by atoms with van der Waals surface area (Å²) < 4.78 is 13.5. The van der Waals surface area contributed by atoms with Crippen LogP contribution in [-0.4, -0.2) is 10.1 Å². The summed E-state index contributed by atoms with van der Waals surface area (Å²) in [5.74, 6) is -0.290. The summed E-state index contributed by atoms with van der Waals surface area (Å²) >= 11 is 0. The van der Waals surface area contributed by atoms with E-state index in [1.54, 1.807) is 24.4 Å². The number of hydrogen-bond acceptors (Lipinski definition) is 2. The van der Waals surface area contributed by atoms with Gasteiger partial charge in [-0.2, -0.15) is 0 Å². The number of benzene rings is 1. The maximum atomic E-state index is 13.5. The fourth-order valence-electron chi connectivity index (χ4n) is 2.04. The molecule has 0 bridgehead atoms. The Kier molecular flexibility index (Phi) is 3.72. The molecule has 1 N–H and O–H groups in total. The molecule has 1 atom stereocenters. The Bertz CT molecular complexity index is 554. The Labute approximate surface area is 106 Å². The minimum atomic E-state index is -0.775. The predicted molar refractivity (Wildman–Crippen MR) is 68.8 cm³/mol. The van der Waals surface area contributed by atoms with Gasteiger partial charge in [0.1, 0.15) is 11.9 Å². The molecule has 2 nitrogen and oxygen atoms in total. The second-order valence-electron chi connectivity index (χ2n) is 4.53. The third-order valence-corrected chi connectivity index (χ3v) is 2.94. The van der Waals surface area contributed by atoms with Crippen LogP contribution >= 0.6 is 0 Å². The Morgan fingerprint density at radius 2 is 2.00 bits per heavy atom. The molecule has 1 heterocycles. The molecular formula is C15H16FNO. The summed E-state index contributed by atoms with van der Waals surface area (Å²) in [6, 6.07) is 8.45. The van der Waals surface area contributed by atoms with E-state index in [4.69, 9.17) is 0 Å². The van der Waals surface area contributed by atoms with E-state index >= 15 is 0 Å². The van der Waals surface area contributed by atoms with Gasteiger partial charge in [-0.05, 0) is 36.6 Å². The number of aliphatic hydroxyl groups is 1. The number of aromatic nitrogens is 1. The Morgan fingerprint density at radius 1 is 1.28 bits per heavy atom. The molecule has 94 valence electrons. The van der Waals surface area contributed by atoms with E-state index in [1.165, 1.54) is 6.07 Å². The van der Waals surface area contributed by atoms with Gasteiger partial charge in [-0.3, -0.25) is 4.98 Å². The second-order valence-corrected chi connectivity index (χ2v) is 4.53. The molecule has 1 aromatic carbocycles. The highest BCUT2D eigenvalue weighted by Crippen LogP contribution is 2.21. The first kappa shape index (κ1) is 12.7. The molecule has 0 saturated carbocycles. The molecule has 3 heteroatoms. The summed E-state index contributed by atoms with van der Waals surface area (Å²) in [5.41, 5.74) is 3.10. The van der Waals surface area contributed by atoms with Gasteiger partial charge >= 0.3 is 0 Å². The van der Waals surface area contributed by atoms with Gasteiger partial charge in [0.15, 0.2) is 0 Å². The van der Waals surface area contributed by atoms with Crippen molar-refractivity contribution in [1.82, 2.24) is 4.98 Å². The molecule has 0 amide bonds. The molecule has 0 aliphatic carbocycles. The minimum absolute atomic E-state index is 0.240. The van der Waals surface area contributed by atoms with Crippen LogP contribution in [0.4, 0.5) is 4.39 Å². The smallest absolute Gasteiger partial charge is 0.126 e. The first-order valence-electron chi connectivity index (χ1n) is 5.92. The van der Waals surface area contributed by atoms with Gasteiger partial charge in [0, 0.05) is 12.6 Å². The molecule has 0 spiro atoms. The van der Waals surface area contributed by atoms with Crippen LogP contribution < -0.4 is 0 Å². The fraction of sp³-hybridized carbons (Fsp3) is 0.267. The van der Waals surface area contributed by atoms with Crippen molar-refractivity contribution in [3.63, 3.8) is 0 Å². The molecule has 2 rings (SSSR count). The number of halogens is 1. The summed E-state index contributed by atoms with van der Waals surface area (Å²) in [4.78, 5) is 4.23. The quantitative estimate of drug-likeness (QED) is 0.901. The first-order chi connectivity index (χ1) is 8.58.